The molecule has 0 unspecified atom stereocenters. The number of hydrogen-bond acceptors (Lipinski definition) is 5. The van der Waals surface area contributed by atoms with E-state index in [0.29, 0.717) is 34.6 Å². The zero-order valence-electron chi connectivity index (χ0n) is 16.2. The van der Waals surface area contributed by atoms with Crippen LogP contribution in [0.5, 0.6) is 11.5 Å². The maximum Gasteiger partial charge on any atom is 0.276 e. The highest BCUT2D eigenvalue weighted by atomic mass is 35.5. The van der Waals surface area contributed by atoms with Gasteiger partial charge in [0.1, 0.15) is 11.5 Å². The fourth-order valence-electron chi connectivity index (χ4n) is 2.25. The van der Waals surface area contributed by atoms with E-state index in [2.05, 4.69) is 16.2 Å². The van der Waals surface area contributed by atoms with Gasteiger partial charge in [-0.3, -0.25) is 20.4 Å². The number of thiocarbonyl (C=S) groups is 1. The van der Waals surface area contributed by atoms with Crippen LogP contribution in [-0.2, 0) is 9.59 Å². The van der Waals surface area contributed by atoms with Crippen LogP contribution in [0.2, 0.25) is 10.0 Å². The Hall–Kier alpha value is -2.55. The number of carbonyl (C=O) groups is 2. The standard InChI is InChI=1S/C20H21Cl2N3O4S/c1-13-5-2-3-6-16(13)29-12-19(27)24-25-20(30)23-18(26)7-4-10-28-17-9-8-14(21)11-15(17)22/h2-3,5-6,8-9,11H,4,7,10,12H2,1H3,(H,24,27)(H2,23,25,26,30). The summed E-state index contributed by atoms with van der Waals surface area (Å²) in [6, 6.07) is 12.3. The minimum Gasteiger partial charge on any atom is -0.492 e. The first-order valence-electron chi connectivity index (χ1n) is 9.00. The van der Waals surface area contributed by atoms with Gasteiger partial charge in [-0.15, -0.1) is 0 Å². The van der Waals surface area contributed by atoms with E-state index in [1.165, 1.54) is 0 Å². The number of halogens is 2. The largest absolute Gasteiger partial charge is 0.492 e. The normalized spacial score (nSPS) is 10.1. The quantitative estimate of drug-likeness (QED) is 0.311. The number of rotatable bonds is 8. The lowest BCUT2D eigenvalue weighted by Crippen LogP contribution is -2.49. The van der Waals surface area contributed by atoms with Crippen LogP contribution < -0.4 is 25.6 Å². The van der Waals surface area contributed by atoms with Crippen LogP contribution in [0.15, 0.2) is 42.5 Å². The molecule has 30 heavy (non-hydrogen) atoms. The molecular formula is C20H21Cl2N3O4S. The topological polar surface area (TPSA) is 88.7 Å². The van der Waals surface area contributed by atoms with Crippen molar-refractivity contribution in [3.8, 4) is 11.5 Å². The third-order valence-electron chi connectivity index (χ3n) is 3.72. The number of para-hydroxylation sites is 1. The molecule has 0 heterocycles. The zero-order chi connectivity index (χ0) is 21.9. The molecule has 10 heteroatoms. The van der Waals surface area contributed by atoms with E-state index in [9.17, 15) is 9.59 Å². The SMILES string of the molecule is Cc1ccccc1OCC(=O)NNC(=S)NC(=O)CCCOc1ccc(Cl)cc1Cl. The summed E-state index contributed by atoms with van der Waals surface area (Å²) in [7, 11) is 0. The number of aryl methyl sites for hydroxylation is 1. The second-order valence-electron chi connectivity index (χ2n) is 6.13. The summed E-state index contributed by atoms with van der Waals surface area (Å²) in [5.41, 5.74) is 5.73. The molecule has 0 fully saturated rings. The van der Waals surface area contributed by atoms with Crippen molar-refractivity contribution < 1.29 is 19.1 Å². The van der Waals surface area contributed by atoms with Crippen LogP contribution in [0.25, 0.3) is 0 Å². The van der Waals surface area contributed by atoms with Gasteiger partial charge in [0.05, 0.1) is 11.6 Å². The Morgan fingerprint density at radius 1 is 1.00 bits per heavy atom. The Bertz CT molecular complexity index is 911. The molecule has 0 atom stereocenters. The number of nitrogens with one attached hydrogen (secondary N) is 3. The van der Waals surface area contributed by atoms with E-state index in [1.807, 2.05) is 25.1 Å². The van der Waals surface area contributed by atoms with Crippen molar-refractivity contribution in [2.45, 2.75) is 19.8 Å². The van der Waals surface area contributed by atoms with Crippen molar-refractivity contribution in [3.63, 3.8) is 0 Å². The first-order valence-corrected chi connectivity index (χ1v) is 10.2. The molecule has 0 saturated heterocycles. The van der Waals surface area contributed by atoms with Crippen LogP contribution in [0.1, 0.15) is 18.4 Å². The molecule has 0 spiro atoms. The minimum atomic E-state index is -0.442. The Morgan fingerprint density at radius 3 is 2.50 bits per heavy atom. The van der Waals surface area contributed by atoms with Crippen molar-refractivity contribution >= 4 is 52.3 Å². The number of benzene rings is 2. The molecular weight excluding hydrogens is 449 g/mol. The number of amides is 2. The highest BCUT2D eigenvalue weighted by molar-refractivity contribution is 7.80. The molecule has 3 N–H and O–H groups in total. The van der Waals surface area contributed by atoms with Gasteiger partial charge in [0.25, 0.3) is 5.91 Å². The van der Waals surface area contributed by atoms with Crippen LogP contribution >= 0.6 is 35.4 Å². The van der Waals surface area contributed by atoms with Crippen LogP contribution in [-0.4, -0.2) is 30.1 Å². The molecule has 7 nitrogen and oxygen atoms in total. The van der Waals surface area contributed by atoms with Crippen molar-refractivity contribution in [1.82, 2.24) is 16.2 Å². The first-order chi connectivity index (χ1) is 14.3. The number of carbonyl (C=O) groups excluding carboxylic acids is 2. The second kappa shape index (κ2) is 12.2. The third-order valence-corrected chi connectivity index (χ3v) is 4.46. The van der Waals surface area contributed by atoms with Crippen molar-refractivity contribution in [1.29, 1.82) is 0 Å². The zero-order valence-corrected chi connectivity index (χ0v) is 18.5. The smallest absolute Gasteiger partial charge is 0.276 e. The third kappa shape index (κ3) is 8.44. The Morgan fingerprint density at radius 2 is 1.77 bits per heavy atom. The van der Waals surface area contributed by atoms with Gasteiger partial charge in [-0.1, -0.05) is 41.4 Å². The van der Waals surface area contributed by atoms with E-state index in [0.717, 1.165) is 5.56 Å². The molecule has 2 aromatic rings. The van der Waals surface area contributed by atoms with Crippen LogP contribution in [0, 0.1) is 6.92 Å². The Balaban J connectivity index is 1.59. The summed E-state index contributed by atoms with van der Waals surface area (Å²) < 4.78 is 10.9. The number of ether oxygens (including phenoxy) is 2. The average Bonchev–Trinajstić information content (AvgIpc) is 2.70. The summed E-state index contributed by atoms with van der Waals surface area (Å²) in [6.07, 6.45) is 0.626. The molecule has 2 rings (SSSR count). The van der Waals surface area contributed by atoms with E-state index in [4.69, 9.17) is 44.9 Å². The lowest BCUT2D eigenvalue weighted by atomic mass is 10.2. The van der Waals surface area contributed by atoms with E-state index < -0.39 is 5.91 Å². The van der Waals surface area contributed by atoms with E-state index in [-0.39, 0.29) is 24.0 Å². The van der Waals surface area contributed by atoms with Crippen molar-refractivity contribution in [3.05, 3.63) is 58.1 Å². The Labute approximate surface area is 190 Å². The summed E-state index contributed by atoms with van der Waals surface area (Å²) in [6.45, 7) is 1.98. The van der Waals surface area contributed by atoms with Gasteiger partial charge >= 0.3 is 0 Å². The maximum atomic E-state index is 11.9. The van der Waals surface area contributed by atoms with Gasteiger partial charge < -0.3 is 14.8 Å². The minimum absolute atomic E-state index is 0.0223. The monoisotopic (exact) mass is 469 g/mol. The summed E-state index contributed by atoms with van der Waals surface area (Å²) >= 11 is 16.8. The summed E-state index contributed by atoms with van der Waals surface area (Å²) in [4.78, 5) is 23.7. The van der Waals surface area contributed by atoms with Gasteiger partial charge in [-0.2, -0.15) is 0 Å². The van der Waals surface area contributed by atoms with Crippen molar-refractivity contribution in [2.24, 2.45) is 0 Å². The average molecular weight is 470 g/mol. The van der Waals surface area contributed by atoms with Crippen LogP contribution in [0.3, 0.4) is 0 Å². The fourth-order valence-corrected chi connectivity index (χ4v) is 2.88. The summed E-state index contributed by atoms with van der Waals surface area (Å²) in [5.74, 6) is 0.353. The van der Waals surface area contributed by atoms with Gasteiger partial charge in [-0.05, 0) is 55.4 Å². The fraction of sp³-hybridized carbons (Fsp3) is 0.250. The predicted octanol–water partition coefficient (Wildman–Crippen LogP) is 3.56. The van der Waals surface area contributed by atoms with Crippen LogP contribution in [0.4, 0.5) is 0 Å². The lowest BCUT2D eigenvalue weighted by molar-refractivity contribution is -0.124. The van der Waals surface area contributed by atoms with Gasteiger partial charge in [0, 0.05) is 11.4 Å². The summed E-state index contributed by atoms with van der Waals surface area (Å²) in [5, 5.41) is 3.36. The van der Waals surface area contributed by atoms with E-state index in [1.54, 1.807) is 24.3 Å². The predicted molar refractivity (Wildman–Crippen MR) is 120 cm³/mol. The molecule has 2 amide bonds. The Kier molecular flexibility index (Phi) is 9.66. The molecule has 0 radical (unpaired) electrons. The first kappa shape index (κ1) is 23.7. The highest BCUT2D eigenvalue weighted by Crippen LogP contribution is 2.27. The highest BCUT2D eigenvalue weighted by Gasteiger charge is 2.08. The number of hydrogen-bond donors (Lipinski definition) is 3. The van der Waals surface area contributed by atoms with E-state index >= 15 is 0 Å². The molecule has 2 aromatic carbocycles. The van der Waals surface area contributed by atoms with Gasteiger partial charge in [0.15, 0.2) is 11.7 Å². The molecule has 0 bridgehead atoms. The molecule has 0 saturated carbocycles. The molecule has 0 aliphatic rings. The van der Waals surface area contributed by atoms with Gasteiger partial charge in [0.2, 0.25) is 5.91 Å². The molecule has 0 aliphatic carbocycles. The molecule has 160 valence electrons. The number of hydrazine groups is 1. The molecule has 0 aliphatic heterocycles. The lowest BCUT2D eigenvalue weighted by Gasteiger charge is -2.12. The van der Waals surface area contributed by atoms with Crippen molar-refractivity contribution in [2.75, 3.05) is 13.2 Å². The second-order valence-corrected chi connectivity index (χ2v) is 7.38. The van der Waals surface area contributed by atoms with Gasteiger partial charge in [-0.25, -0.2) is 0 Å². The molecule has 0 aromatic heterocycles. The maximum absolute atomic E-state index is 11.9.